The molecule has 0 spiro atoms. The highest BCUT2D eigenvalue weighted by atomic mass is 16.6. The van der Waals surface area contributed by atoms with Gasteiger partial charge < -0.3 is 4.74 Å². The molecule has 4 aliphatic rings. The Morgan fingerprint density at radius 1 is 0.825 bits per heavy atom. The van der Waals surface area contributed by atoms with Crippen molar-refractivity contribution >= 4 is 29.3 Å². The molecule has 0 N–H and O–H groups in total. The number of hydrogen-bond acceptors (Lipinski definition) is 7. The first-order chi connectivity index (χ1) is 19.2. The van der Waals surface area contributed by atoms with Crippen molar-refractivity contribution in [2.45, 2.75) is 31.7 Å². The maximum Gasteiger partial charge on any atom is 0.330 e. The van der Waals surface area contributed by atoms with Crippen molar-refractivity contribution in [1.29, 1.82) is 0 Å². The number of nitrogens with zero attached hydrogens (tertiary/aromatic N) is 2. The molecule has 1 saturated heterocycles. The number of imide groups is 1. The Kier molecular flexibility index (Phi) is 6.09. The van der Waals surface area contributed by atoms with Crippen LogP contribution in [0.25, 0.3) is 0 Å². The lowest BCUT2D eigenvalue weighted by molar-refractivity contribution is -0.384. The molecule has 0 unspecified atom stereocenters. The van der Waals surface area contributed by atoms with Crippen LogP contribution in [-0.2, 0) is 19.1 Å². The summed E-state index contributed by atoms with van der Waals surface area (Å²) in [6, 6.07) is 19.6. The summed E-state index contributed by atoms with van der Waals surface area (Å²) in [7, 11) is 0. The predicted molar refractivity (Wildman–Crippen MR) is 142 cm³/mol. The van der Waals surface area contributed by atoms with Crippen LogP contribution in [0.15, 0.2) is 72.8 Å². The lowest BCUT2D eigenvalue weighted by Gasteiger charge is -2.45. The van der Waals surface area contributed by atoms with Crippen molar-refractivity contribution in [3.63, 3.8) is 0 Å². The molecule has 0 aromatic heterocycles. The number of carbonyl (C=O) groups is 4. The summed E-state index contributed by atoms with van der Waals surface area (Å²) in [6.45, 7) is 2.83. The number of ketones is 1. The molecule has 3 atom stereocenters. The fourth-order valence-corrected chi connectivity index (χ4v) is 6.72. The number of Topliss-reactive ketones (excluding diaryl/α,β-unsaturated/α-hetero) is 1. The van der Waals surface area contributed by atoms with Gasteiger partial charge in [0.1, 0.15) is 6.04 Å². The van der Waals surface area contributed by atoms with Gasteiger partial charge in [-0.3, -0.25) is 29.4 Å². The van der Waals surface area contributed by atoms with Crippen LogP contribution < -0.4 is 0 Å². The fourth-order valence-electron chi connectivity index (χ4n) is 6.72. The summed E-state index contributed by atoms with van der Waals surface area (Å²) >= 11 is 0. The van der Waals surface area contributed by atoms with Gasteiger partial charge in [0.15, 0.2) is 12.4 Å². The molecule has 1 aliphatic heterocycles. The molecule has 202 valence electrons. The van der Waals surface area contributed by atoms with E-state index in [2.05, 4.69) is 0 Å². The summed E-state index contributed by atoms with van der Waals surface area (Å²) in [5, 5.41) is 10.9. The molecule has 0 saturated carbocycles. The van der Waals surface area contributed by atoms with Crippen LogP contribution in [-0.4, -0.2) is 46.0 Å². The quantitative estimate of drug-likeness (QED) is 0.145. The van der Waals surface area contributed by atoms with Crippen LogP contribution >= 0.6 is 0 Å². The molecule has 3 aromatic carbocycles. The standard InChI is InChI=1S/C31H26N2O7/c1-16(2)28(31(37)40-15-23(34)17-11-13-18(14-12-17)33(38)39)32-29(35)26-24-19-7-3-4-8-20(19)25(27(26)30(32)36)22-10-6-5-9-21(22)24/h3-14,16,24-28H,15H2,1-2H3/t24?,25?,26-,27-,28-/m0/s1. The van der Waals surface area contributed by atoms with Crippen molar-refractivity contribution in [2.75, 3.05) is 6.61 Å². The highest BCUT2D eigenvalue weighted by molar-refractivity contribution is 6.10. The first kappa shape index (κ1) is 25.6. The van der Waals surface area contributed by atoms with Gasteiger partial charge in [0.25, 0.3) is 5.69 Å². The molecule has 3 aliphatic carbocycles. The molecule has 2 bridgehead atoms. The van der Waals surface area contributed by atoms with E-state index in [-0.39, 0.29) is 23.1 Å². The minimum Gasteiger partial charge on any atom is -0.456 e. The van der Waals surface area contributed by atoms with Gasteiger partial charge in [-0.2, -0.15) is 0 Å². The van der Waals surface area contributed by atoms with Crippen LogP contribution in [0, 0.1) is 27.9 Å². The molecule has 1 heterocycles. The molecule has 9 nitrogen and oxygen atoms in total. The molecule has 9 heteroatoms. The van der Waals surface area contributed by atoms with Crippen LogP contribution in [0.3, 0.4) is 0 Å². The molecule has 1 fully saturated rings. The van der Waals surface area contributed by atoms with E-state index in [0.29, 0.717) is 0 Å². The van der Waals surface area contributed by atoms with E-state index in [0.717, 1.165) is 27.2 Å². The number of carbonyl (C=O) groups excluding carboxylic acids is 4. The maximum atomic E-state index is 14.0. The first-order valence-electron chi connectivity index (χ1n) is 13.2. The van der Waals surface area contributed by atoms with Gasteiger partial charge in [0.2, 0.25) is 11.8 Å². The van der Waals surface area contributed by atoms with E-state index in [9.17, 15) is 29.3 Å². The number of hydrogen-bond donors (Lipinski definition) is 0. The Morgan fingerprint density at radius 3 is 1.68 bits per heavy atom. The number of esters is 1. The lowest BCUT2D eigenvalue weighted by Crippen LogP contribution is -2.49. The van der Waals surface area contributed by atoms with E-state index in [4.69, 9.17) is 4.74 Å². The number of non-ortho nitro benzene ring substituents is 1. The number of nitro groups is 1. The van der Waals surface area contributed by atoms with Crippen LogP contribution in [0.1, 0.15) is 58.3 Å². The Hall–Kier alpha value is -4.66. The number of ether oxygens (including phenoxy) is 1. The zero-order valence-corrected chi connectivity index (χ0v) is 21.9. The van der Waals surface area contributed by atoms with Gasteiger partial charge in [-0.25, -0.2) is 4.79 Å². The van der Waals surface area contributed by atoms with Gasteiger partial charge in [-0.1, -0.05) is 62.4 Å². The number of benzene rings is 3. The van der Waals surface area contributed by atoms with Crippen molar-refractivity contribution in [1.82, 2.24) is 4.90 Å². The molecule has 2 amide bonds. The van der Waals surface area contributed by atoms with Crippen molar-refractivity contribution < 1.29 is 28.8 Å². The smallest absolute Gasteiger partial charge is 0.330 e. The Labute approximate surface area is 229 Å². The second kappa shape index (κ2) is 9.51. The number of nitro benzene ring substituents is 1. The number of amides is 2. The van der Waals surface area contributed by atoms with Gasteiger partial charge in [-0.15, -0.1) is 0 Å². The largest absolute Gasteiger partial charge is 0.456 e. The topological polar surface area (TPSA) is 124 Å². The zero-order chi connectivity index (χ0) is 28.3. The summed E-state index contributed by atoms with van der Waals surface area (Å²) in [4.78, 5) is 65.4. The maximum absolute atomic E-state index is 14.0. The highest BCUT2D eigenvalue weighted by Crippen LogP contribution is 2.61. The zero-order valence-electron chi connectivity index (χ0n) is 21.9. The summed E-state index contributed by atoms with van der Waals surface area (Å²) in [5.74, 6) is -4.49. The molecular formula is C31H26N2O7. The third-order valence-corrected chi connectivity index (χ3v) is 8.38. The third kappa shape index (κ3) is 3.76. The van der Waals surface area contributed by atoms with E-state index >= 15 is 0 Å². The normalized spacial score (nSPS) is 22.9. The number of likely N-dealkylation sites (tertiary alicyclic amines) is 1. The molecule has 3 aromatic rings. The van der Waals surface area contributed by atoms with Crippen molar-refractivity contribution in [2.24, 2.45) is 17.8 Å². The lowest BCUT2D eigenvalue weighted by atomic mass is 9.55. The minimum atomic E-state index is -1.19. The third-order valence-electron chi connectivity index (χ3n) is 8.38. The van der Waals surface area contributed by atoms with Gasteiger partial charge >= 0.3 is 5.97 Å². The molecule has 7 rings (SSSR count). The first-order valence-corrected chi connectivity index (χ1v) is 13.2. The fraction of sp³-hybridized carbons (Fsp3) is 0.290. The summed E-state index contributed by atoms with van der Waals surface area (Å²) in [5.41, 5.74) is 4.12. The molecule has 0 radical (unpaired) electrons. The van der Waals surface area contributed by atoms with Crippen LogP contribution in [0.5, 0.6) is 0 Å². The summed E-state index contributed by atoms with van der Waals surface area (Å²) < 4.78 is 5.35. The predicted octanol–water partition coefficient (Wildman–Crippen LogP) is 4.24. The van der Waals surface area contributed by atoms with E-state index in [1.54, 1.807) is 13.8 Å². The Balaban J connectivity index is 1.27. The van der Waals surface area contributed by atoms with Gasteiger partial charge in [-0.05, 0) is 40.3 Å². The summed E-state index contributed by atoms with van der Waals surface area (Å²) in [6.07, 6.45) is 0. The monoisotopic (exact) mass is 538 g/mol. The van der Waals surface area contributed by atoms with Crippen LogP contribution in [0.4, 0.5) is 5.69 Å². The van der Waals surface area contributed by atoms with Crippen molar-refractivity contribution in [3.05, 3.63) is 111 Å². The SMILES string of the molecule is CC(C)[C@@H](C(=O)OCC(=O)c1ccc([N+](=O)[O-])cc1)N1C(=O)[C@H]2C3c4ccccc4C(c4ccccc43)[C@@H]2C1=O. The average Bonchev–Trinajstić information content (AvgIpc) is 3.21. The van der Waals surface area contributed by atoms with E-state index < -0.39 is 58.9 Å². The Morgan fingerprint density at radius 2 is 1.27 bits per heavy atom. The Bertz CT molecular complexity index is 1460. The second-order valence-corrected chi connectivity index (χ2v) is 10.8. The average molecular weight is 539 g/mol. The minimum absolute atomic E-state index is 0.144. The van der Waals surface area contributed by atoms with Gasteiger partial charge in [0.05, 0.1) is 16.8 Å². The van der Waals surface area contributed by atoms with Crippen molar-refractivity contribution in [3.8, 4) is 0 Å². The molecule has 40 heavy (non-hydrogen) atoms. The second-order valence-electron chi connectivity index (χ2n) is 10.8. The van der Waals surface area contributed by atoms with Gasteiger partial charge in [0, 0.05) is 29.5 Å². The highest BCUT2D eigenvalue weighted by Gasteiger charge is 2.63. The van der Waals surface area contributed by atoms with E-state index in [1.165, 1.54) is 24.3 Å². The molecular weight excluding hydrogens is 512 g/mol. The van der Waals surface area contributed by atoms with Crippen LogP contribution in [0.2, 0.25) is 0 Å². The van der Waals surface area contributed by atoms with E-state index in [1.807, 2.05) is 48.5 Å². The number of rotatable bonds is 7.